The van der Waals surface area contributed by atoms with Gasteiger partial charge in [-0.1, -0.05) is 6.42 Å². The molecule has 10 heavy (non-hydrogen) atoms. The van der Waals surface area contributed by atoms with E-state index in [4.69, 9.17) is 5.73 Å². The lowest BCUT2D eigenvalue weighted by atomic mass is 9.80. The molecule has 0 spiro atoms. The average Bonchev–Trinajstić information content (AvgIpc) is 1.83. The zero-order chi connectivity index (χ0) is 7.40. The molecule has 0 radical (unpaired) electrons. The van der Waals surface area contributed by atoms with E-state index in [0.717, 1.165) is 0 Å². The smallest absolute Gasteiger partial charge is 0.0277 e. The Hall–Kier alpha value is -0.790. The predicted molar refractivity (Wildman–Crippen MR) is 44.0 cm³/mol. The largest absolute Gasteiger partial charge is 0.404 e. The van der Waals surface area contributed by atoms with Gasteiger partial charge in [0.05, 0.1) is 0 Å². The highest BCUT2D eigenvalue weighted by molar-refractivity contribution is 5.79. The van der Waals surface area contributed by atoms with Gasteiger partial charge in [-0.2, -0.15) is 0 Å². The van der Waals surface area contributed by atoms with E-state index in [1.807, 2.05) is 6.21 Å². The highest BCUT2D eigenvalue weighted by Gasteiger charge is 2.19. The van der Waals surface area contributed by atoms with Crippen molar-refractivity contribution in [2.24, 2.45) is 16.6 Å². The van der Waals surface area contributed by atoms with Crippen LogP contribution < -0.4 is 5.73 Å². The van der Waals surface area contributed by atoms with Gasteiger partial charge in [0.15, 0.2) is 0 Å². The Morgan fingerprint density at radius 1 is 1.60 bits per heavy atom. The maximum atomic E-state index is 5.42. The van der Waals surface area contributed by atoms with Crippen LogP contribution in [-0.4, -0.2) is 13.3 Å². The Labute approximate surface area is 61.8 Å². The number of hydrogen-bond donors (Lipinski definition) is 1. The van der Waals surface area contributed by atoms with Crippen LogP contribution in [0.1, 0.15) is 19.3 Å². The summed E-state index contributed by atoms with van der Waals surface area (Å²) in [5, 5.41) is 0. The second-order valence-corrected chi connectivity index (χ2v) is 2.68. The number of nitrogens with zero attached hydrogens (tertiary/aromatic N) is 1. The molecule has 0 saturated heterocycles. The first-order chi connectivity index (χ1) is 4.88. The summed E-state index contributed by atoms with van der Waals surface area (Å²) in [5.41, 5.74) is 6.62. The standard InChI is InChI=1S/C8H14N2/c1-10-6-8(5-9)7-3-2-4-7/h5-7H,2-4,9H2,1H3/b8-5+,10-6?. The Morgan fingerprint density at radius 2 is 2.30 bits per heavy atom. The molecule has 0 aromatic rings. The first-order valence-electron chi connectivity index (χ1n) is 3.72. The second kappa shape index (κ2) is 3.40. The molecule has 0 aliphatic heterocycles. The molecule has 2 N–H and O–H groups in total. The zero-order valence-corrected chi connectivity index (χ0v) is 6.38. The molecule has 0 heterocycles. The summed E-state index contributed by atoms with van der Waals surface area (Å²) in [6.45, 7) is 0. The summed E-state index contributed by atoms with van der Waals surface area (Å²) < 4.78 is 0. The van der Waals surface area contributed by atoms with Crippen molar-refractivity contribution in [2.75, 3.05) is 7.05 Å². The number of nitrogens with two attached hydrogens (primary N) is 1. The number of hydrogen-bond acceptors (Lipinski definition) is 2. The van der Waals surface area contributed by atoms with Gasteiger partial charge in [0.2, 0.25) is 0 Å². The third kappa shape index (κ3) is 1.38. The van der Waals surface area contributed by atoms with Gasteiger partial charge in [-0.3, -0.25) is 4.99 Å². The summed E-state index contributed by atoms with van der Waals surface area (Å²) in [5.74, 6) is 0.702. The van der Waals surface area contributed by atoms with Crippen LogP contribution in [0.15, 0.2) is 16.8 Å². The summed E-state index contributed by atoms with van der Waals surface area (Å²) >= 11 is 0. The van der Waals surface area contributed by atoms with Crippen molar-refractivity contribution in [3.05, 3.63) is 11.8 Å². The molecule has 1 saturated carbocycles. The Morgan fingerprint density at radius 3 is 2.60 bits per heavy atom. The molecule has 0 unspecified atom stereocenters. The van der Waals surface area contributed by atoms with Gasteiger partial charge in [0.1, 0.15) is 0 Å². The Bertz CT molecular complexity index is 155. The van der Waals surface area contributed by atoms with Crippen molar-refractivity contribution in [2.45, 2.75) is 19.3 Å². The van der Waals surface area contributed by atoms with Gasteiger partial charge in [0, 0.05) is 13.3 Å². The third-order valence-corrected chi connectivity index (χ3v) is 2.05. The van der Waals surface area contributed by atoms with E-state index in [1.54, 1.807) is 13.2 Å². The lowest BCUT2D eigenvalue weighted by molar-refractivity contribution is 0.378. The topological polar surface area (TPSA) is 38.4 Å². The van der Waals surface area contributed by atoms with Crippen LogP contribution in [0.4, 0.5) is 0 Å². The lowest BCUT2D eigenvalue weighted by Gasteiger charge is -2.25. The molecule has 1 aliphatic rings. The highest BCUT2D eigenvalue weighted by atomic mass is 14.6. The molecule has 2 heteroatoms. The van der Waals surface area contributed by atoms with Crippen molar-refractivity contribution in [3.8, 4) is 0 Å². The zero-order valence-electron chi connectivity index (χ0n) is 6.38. The number of aliphatic imine (C=N–C) groups is 1. The Balaban J connectivity index is 2.48. The van der Waals surface area contributed by atoms with Crippen LogP contribution >= 0.6 is 0 Å². The van der Waals surface area contributed by atoms with Crippen LogP contribution in [0.2, 0.25) is 0 Å². The van der Waals surface area contributed by atoms with Crippen molar-refractivity contribution in [1.29, 1.82) is 0 Å². The fourth-order valence-electron chi connectivity index (χ4n) is 1.18. The van der Waals surface area contributed by atoms with Gasteiger partial charge in [0.25, 0.3) is 0 Å². The van der Waals surface area contributed by atoms with Gasteiger partial charge in [-0.25, -0.2) is 0 Å². The highest BCUT2D eigenvalue weighted by Crippen LogP contribution is 2.31. The van der Waals surface area contributed by atoms with Crippen LogP contribution in [0.25, 0.3) is 0 Å². The van der Waals surface area contributed by atoms with Gasteiger partial charge in [-0.05, 0) is 30.5 Å². The second-order valence-electron chi connectivity index (χ2n) is 2.68. The molecule has 0 aromatic heterocycles. The minimum absolute atomic E-state index is 0.702. The molecule has 1 aliphatic carbocycles. The van der Waals surface area contributed by atoms with Crippen molar-refractivity contribution in [1.82, 2.24) is 0 Å². The van der Waals surface area contributed by atoms with E-state index in [1.165, 1.54) is 24.8 Å². The lowest BCUT2D eigenvalue weighted by Crippen LogP contribution is -2.15. The fourth-order valence-corrected chi connectivity index (χ4v) is 1.18. The van der Waals surface area contributed by atoms with Crippen LogP contribution in [0.3, 0.4) is 0 Å². The Kier molecular flexibility index (Phi) is 2.49. The average molecular weight is 138 g/mol. The summed E-state index contributed by atoms with van der Waals surface area (Å²) in [6, 6.07) is 0. The van der Waals surface area contributed by atoms with E-state index < -0.39 is 0 Å². The minimum atomic E-state index is 0.702. The fraction of sp³-hybridized carbons (Fsp3) is 0.625. The minimum Gasteiger partial charge on any atom is -0.404 e. The van der Waals surface area contributed by atoms with Crippen molar-refractivity contribution in [3.63, 3.8) is 0 Å². The van der Waals surface area contributed by atoms with E-state index in [2.05, 4.69) is 4.99 Å². The number of rotatable bonds is 2. The predicted octanol–water partition coefficient (Wildman–Crippen LogP) is 1.33. The maximum absolute atomic E-state index is 5.42. The summed E-state index contributed by atoms with van der Waals surface area (Å²) in [6.07, 6.45) is 7.46. The van der Waals surface area contributed by atoms with Crippen molar-refractivity contribution >= 4 is 6.21 Å². The molecule has 0 bridgehead atoms. The number of allylic oxidation sites excluding steroid dienone is 1. The van der Waals surface area contributed by atoms with Gasteiger partial charge < -0.3 is 5.73 Å². The molecule has 2 nitrogen and oxygen atoms in total. The van der Waals surface area contributed by atoms with E-state index in [-0.39, 0.29) is 0 Å². The molecule has 56 valence electrons. The summed E-state index contributed by atoms with van der Waals surface area (Å²) in [7, 11) is 1.78. The van der Waals surface area contributed by atoms with E-state index >= 15 is 0 Å². The monoisotopic (exact) mass is 138 g/mol. The molecular weight excluding hydrogens is 124 g/mol. The normalized spacial score (nSPS) is 21.5. The van der Waals surface area contributed by atoms with Gasteiger partial charge in [-0.15, -0.1) is 0 Å². The van der Waals surface area contributed by atoms with Crippen LogP contribution in [0, 0.1) is 5.92 Å². The first kappa shape index (κ1) is 7.32. The summed E-state index contributed by atoms with van der Waals surface area (Å²) in [4.78, 5) is 3.94. The SMILES string of the molecule is CN=C/C(=C\N)C1CCC1. The molecule has 1 rings (SSSR count). The molecule has 0 atom stereocenters. The van der Waals surface area contributed by atoms with Crippen LogP contribution in [0.5, 0.6) is 0 Å². The molecule has 0 aromatic carbocycles. The quantitative estimate of drug-likeness (QED) is 0.574. The van der Waals surface area contributed by atoms with E-state index in [0.29, 0.717) is 5.92 Å². The third-order valence-electron chi connectivity index (χ3n) is 2.05. The van der Waals surface area contributed by atoms with Crippen LogP contribution in [-0.2, 0) is 0 Å². The molecule has 1 fully saturated rings. The maximum Gasteiger partial charge on any atom is 0.0277 e. The van der Waals surface area contributed by atoms with Gasteiger partial charge >= 0.3 is 0 Å². The first-order valence-corrected chi connectivity index (χ1v) is 3.72. The molecular formula is C8H14N2. The van der Waals surface area contributed by atoms with Crippen molar-refractivity contribution < 1.29 is 0 Å². The van der Waals surface area contributed by atoms with E-state index in [9.17, 15) is 0 Å². The molecule has 0 amide bonds.